The van der Waals surface area contributed by atoms with Crippen molar-refractivity contribution >= 4 is 111 Å². The monoisotopic (exact) mass is 1150 g/mol. The van der Waals surface area contributed by atoms with Gasteiger partial charge in [0.2, 0.25) is 0 Å². The molecule has 0 N–H and O–H groups in total. The standard InChI is InChI=1S/C82H78N4O2/c1-79(2,3)53-31-39-60(40-32-53)84(61-41-33-54(34-42-61)80(4,5)6)69-51-67-75(73-65-27-19-21-29-71(65)87-77(69)73)76-68(86(67)64-49-47-59(48-50-64)83(57-23-15-13-16-24-57)58-25-17-14-18-26-58)52-70(78-74(76)66-28-20-22-30-72(66)88-78)85(62-43-35-55(36-44-62)81(7,8)9)63-45-37-56(38-46-63)82(10,11)12/h13-37,39-52,56H,38H2,1-12H3. The fourth-order valence-corrected chi connectivity index (χ4v) is 13.3. The van der Waals surface area contributed by atoms with Crippen molar-refractivity contribution < 1.29 is 8.83 Å². The van der Waals surface area contributed by atoms with Crippen molar-refractivity contribution in [3.05, 3.63) is 259 Å². The summed E-state index contributed by atoms with van der Waals surface area (Å²) in [6, 6.07) is 80.0. The average Bonchev–Trinajstić information content (AvgIpc) is 1.56. The lowest BCUT2D eigenvalue weighted by Crippen LogP contribution is -2.23. The zero-order chi connectivity index (χ0) is 61.0. The second kappa shape index (κ2) is 21.1. The molecule has 0 aliphatic heterocycles. The van der Waals surface area contributed by atoms with E-state index >= 15 is 0 Å². The first-order valence-corrected chi connectivity index (χ1v) is 31.3. The molecular weight excluding hydrogens is 1070 g/mol. The van der Waals surface area contributed by atoms with Crippen molar-refractivity contribution in [2.24, 2.45) is 11.3 Å². The number of para-hydroxylation sites is 4. The molecule has 0 fully saturated rings. The first kappa shape index (κ1) is 56.3. The van der Waals surface area contributed by atoms with E-state index in [2.05, 4.69) is 339 Å². The van der Waals surface area contributed by atoms with Gasteiger partial charge in [0, 0.05) is 77.8 Å². The molecule has 0 radical (unpaired) electrons. The molecule has 0 bridgehead atoms. The highest BCUT2D eigenvalue weighted by Crippen LogP contribution is 2.54. The van der Waals surface area contributed by atoms with E-state index in [1.54, 1.807) is 0 Å². The van der Waals surface area contributed by atoms with E-state index < -0.39 is 0 Å². The topological polar surface area (TPSA) is 40.9 Å². The number of benzene rings is 10. The van der Waals surface area contributed by atoms with Crippen LogP contribution in [0.1, 0.15) is 106 Å². The second-order valence-electron chi connectivity index (χ2n) is 28.3. The molecule has 438 valence electrons. The number of rotatable bonds is 10. The molecular formula is C82H78N4O2. The highest BCUT2D eigenvalue weighted by atomic mass is 16.3. The zero-order valence-electron chi connectivity index (χ0n) is 52.9. The third kappa shape index (κ3) is 9.84. The number of furan rings is 2. The highest BCUT2D eigenvalue weighted by molar-refractivity contribution is 6.38. The van der Waals surface area contributed by atoms with E-state index in [-0.39, 0.29) is 21.7 Å². The van der Waals surface area contributed by atoms with Gasteiger partial charge in [0.15, 0.2) is 11.2 Å². The maximum absolute atomic E-state index is 7.41. The zero-order valence-corrected chi connectivity index (χ0v) is 52.9. The molecule has 0 saturated carbocycles. The maximum atomic E-state index is 7.41. The summed E-state index contributed by atoms with van der Waals surface area (Å²) in [7, 11) is 0. The summed E-state index contributed by atoms with van der Waals surface area (Å²) in [6.07, 6.45) is 8.12. The first-order chi connectivity index (χ1) is 42.2. The Hall–Kier alpha value is -9.52. The van der Waals surface area contributed by atoms with E-state index in [4.69, 9.17) is 8.83 Å². The summed E-state index contributed by atoms with van der Waals surface area (Å²) in [5, 5.41) is 6.39. The first-order valence-electron chi connectivity index (χ1n) is 31.3. The molecule has 1 aliphatic carbocycles. The molecule has 88 heavy (non-hydrogen) atoms. The third-order valence-electron chi connectivity index (χ3n) is 18.2. The van der Waals surface area contributed by atoms with E-state index in [0.717, 1.165) is 129 Å². The van der Waals surface area contributed by atoms with Crippen LogP contribution in [0.3, 0.4) is 0 Å². The molecule has 0 saturated heterocycles. The molecule has 1 aliphatic rings. The van der Waals surface area contributed by atoms with Crippen LogP contribution < -0.4 is 14.7 Å². The fraction of sp³-hybridized carbons (Fsp3) is 0.220. The molecule has 1 unspecified atom stereocenters. The van der Waals surface area contributed by atoms with E-state index in [1.165, 1.54) is 16.7 Å². The van der Waals surface area contributed by atoms with Gasteiger partial charge in [-0.3, -0.25) is 0 Å². The van der Waals surface area contributed by atoms with Crippen LogP contribution >= 0.6 is 0 Å². The van der Waals surface area contributed by atoms with E-state index in [9.17, 15) is 0 Å². The summed E-state index contributed by atoms with van der Waals surface area (Å²) in [5.41, 5.74) is 19.5. The van der Waals surface area contributed by atoms with Crippen molar-refractivity contribution in [2.45, 2.75) is 106 Å². The molecule has 3 heterocycles. The lowest BCUT2D eigenvalue weighted by atomic mass is 9.77. The van der Waals surface area contributed by atoms with E-state index in [0.29, 0.717) is 5.92 Å². The smallest absolute Gasteiger partial charge is 0.160 e. The van der Waals surface area contributed by atoms with Crippen LogP contribution in [0.15, 0.2) is 251 Å². The lowest BCUT2D eigenvalue weighted by Gasteiger charge is -2.33. The van der Waals surface area contributed by atoms with Crippen molar-refractivity contribution in [3.8, 4) is 5.69 Å². The largest absolute Gasteiger partial charge is 0.454 e. The van der Waals surface area contributed by atoms with Gasteiger partial charge >= 0.3 is 0 Å². The van der Waals surface area contributed by atoms with Gasteiger partial charge < -0.3 is 28.1 Å². The summed E-state index contributed by atoms with van der Waals surface area (Å²) >= 11 is 0. The average molecular weight is 1150 g/mol. The van der Waals surface area contributed by atoms with Gasteiger partial charge in [0.05, 0.1) is 22.4 Å². The number of allylic oxidation sites excluding steroid dienone is 3. The maximum Gasteiger partial charge on any atom is 0.160 e. The predicted molar refractivity (Wildman–Crippen MR) is 374 cm³/mol. The van der Waals surface area contributed by atoms with Crippen molar-refractivity contribution in [3.63, 3.8) is 0 Å². The van der Waals surface area contributed by atoms with Crippen LogP contribution in [0.4, 0.5) is 45.5 Å². The van der Waals surface area contributed by atoms with Gasteiger partial charge in [-0.25, -0.2) is 0 Å². The van der Waals surface area contributed by atoms with Crippen LogP contribution in [-0.2, 0) is 16.2 Å². The fourth-order valence-electron chi connectivity index (χ4n) is 13.3. The van der Waals surface area contributed by atoms with Crippen molar-refractivity contribution in [1.82, 2.24) is 4.57 Å². The van der Waals surface area contributed by atoms with Gasteiger partial charge in [-0.1, -0.05) is 204 Å². The quantitative estimate of drug-likeness (QED) is 0.136. The Morgan fingerprint density at radius 3 is 1.14 bits per heavy atom. The molecule has 0 amide bonds. The molecule has 10 aromatic carbocycles. The summed E-state index contributed by atoms with van der Waals surface area (Å²) < 4.78 is 17.3. The number of hydrogen-bond donors (Lipinski definition) is 0. The van der Waals surface area contributed by atoms with Gasteiger partial charge in [0.1, 0.15) is 11.2 Å². The summed E-state index contributed by atoms with van der Waals surface area (Å²) in [6.45, 7) is 27.6. The highest BCUT2D eigenvalue weighted by Gasteiger charge is 2.33. The summed E-state index contributed by atoms with van der Waals surface area (Å²) in [4.78, 5) is 7.20. The SMILES string of the molecule is CC(C)(C)c1ccc(N(C2=CCC(C(C)(C)C)C=C2)c2cc3c(c4c2oc2ccccc24)c2c4c(oc5ccccc54)c(N(c4ccc(C(C)(C)C)cc4)c4ccc(C(C)(C)C)cc4)cc2n3-c2ccc(N(c3ccccc3)c3ccccc3)cc2)cc1. The Balaban J connectivity index is 1.14. The normalized spacial score (nSPS) is 14.2. The summed E-state index contributed by atoms with van der Waals surface area (Å²) in [5.74, 6) is 0.383. The molecule has 13 aromatic rings. The Morgan fingerprint density at radius 2 is 0.739 bits per heavy atom. The molecule has 14 rings (SSSR count). The van der Waals surface area contributed by atoms with Gasteiger partial charge in [-0.15, -0.1) is 0 Å². The Morgan fingerprint density at radius 1 is 0.375 bits per heavy atom. The van der Waals surface area contributed by atoms with Crippen LogP contribution in [0.5, 0.6) is 0 Å². The Labute approximate surface area is 518 Å². The van der Waals surface area contributed by atoms with Crippen LogP contribution in [0.25, 0.3) is 71.4 Å². The number of anilines is 8. The van der Waals surface area contributed by atoms with Crippen LogP contribution in [0.2, 0.25) is 0 Å². The minimum atomic E-state index is -0.0378. The number of aromatic nitrogens is 1. The van der Waals surface area contributed by atoms with Gasteiger partial charge in [-0.05, 0) is 166 Å². The molecule has 3 aromatic heterocycles. The molecule has 6 heteroatoms. The minimum absolute atomic E-state index is 0.0311. The second-order valence-corrected chi connectivity index (χ2v) is 28.3. The Kier molecular flexibility index (Phi) is 13.5. The number of hydrogen-bond acceptors (Lipinski definition) is 5. The van der Waals surface area contributed by atoms with Crippen LogP contribution in [0, 0.1) is 11.3 Å². The Bertz CT molecular complexity index is 4720. The predicted octanol–water partition coefficient (Wildman–Crippen LogP) is 24.1. The number of fused-ring (bicyclic) bond motifs is 11. The molecule has 1 atom stereocenters. The molecule has 6 nitrogen and oxygen atoms in total. The van der Waals surface area contributed by atoms with Crippen molar-refractivity contribution in [2.75, 3.05) is 14.7 Å². The lowest BCUT2D eigenvalue weighted by molar-refractivity contribution is 0.293. The van der Waals surface area contributed by atoms with E-state index in [1.807, 2.05) is 0 Å². The molecule has 0 spiro atoms. The van der Waals surface area contributed by atoms with Crippen LogP contribution in [-0.4, -0.2) is 4.57 Å². The van der Waals surface area contributed by atoms with Crippen molar-refractivity contribution in [1.29, 1.82) is 0 Å². The third-order valence-corrected chi connectivity index (χ3v) is 18.2. The van der Waals surface area contributed by atoms with Gasteiger partial charge in [0.25, 0.3) is 0 Å². The minimum Gasteiger partial charge on any atom is -0.454 e. The number of nitrogens with zero attached hydrogens (tertiary/aromatic N) is 4. The van der Waals surface area contributed by atoms with Gasteiger partial charge in [-0.2, -0.15) is 0 Å².